The van der Waals surface area contributed by atoms with Gasteiger partial charge in [0.15, 0.2) is 0 Å². The van der Waals surface area contributed by atoms with Gasteiger partial charge in [0, 0.05) is 0 Å². The largest absolute Gasteiger partial charge is 0.368 e. The Morgan fingerprint density at radius 3 is 2.29 bits per heavy atom. The molecule has 3 nitrogen and oxygen atoms in total. The molecule has 0 bridgehead atoms. The highest BCUT2D eigenvalue weighted by molar-refractivity contribution is 5.79. The summed E-state index contributed by atoms with van der Waals surface area (Å²) in [6.07, 6.45) is 3.04. The van der Waals surface area contributed by atoms with Crippen LogP contribution in [0, 0.1) is 20.8 Å². The summed E-state index contributed by atoms with van der Waals surface area (Å²) in [5, 5.41) is 0. The van der Waals surface area contributed by atoms with E-state index in [1.807, 2.05) is 6.92 Å². The highest BCUT2D eigenvalue weighted by Gasteiger charge is 2.28. The predicted octanol–water partition coefficient (Wildman–Crippen LogP) is 3.06. The zero-order valence-electron chi connectivity index (χ0n) is 13.8. The first kappa shape index (κ1) is 16.0. The molecule has 1 unspecified atom stereocenters. The molecule has 1 aliphatic rings. The van der Waals surface area contributed by atoms with Crippen molar-refractivity contribution in [2.24, 2.45) is 5.73 Å². The van der Waals surface area contributed by atoms with Crippen molar-refractivity contribution < 1.29 is 4.79 Å². The summed E-state index contributed by atoms with van der Waals surface area (Å²) in [7, 11) is 0. The molecule has 1 saturated heterocycles. The molecule has 0 aromatic heterocycles. The van der Waals surface area contributed by atoms with Gasteiger partial charge in [-0.05, 0) is 81.3 Å². The fraction of sp³-hybridized carbons (Fsp3) is 0.611. The quantitative estimate of drug-likeness (QED) is 0.925. The van der Waals surface area contributed by atoms with Crippen molar-refractivity contribution in [3.63, 3.8) is 0 Å². The number of nitrogens with two attached hydrogens (primary N) is 1. The first-order valence-corrected chi connectivity index (χ1v) is 8.05. The number of amides is 1. The summed E-state index contributed by atoms with van der Waals surface area (Å²) >= 11 is 0. The van der Waals surface area contributed by atoms with E-state index in [1.54, 1.807) is 0 Å². The van der Waals surface area contributed by atoms with Gasteiger partial charge in [-0.1, -0.05) is 19.1 Å². The van der Waals surface area contributed by atoms with Crippen LogP contribution in [0.5, 0.6) is 0 Å². The molecule has 21 heavy (non-hydrogen) atoms. The molecule has 1 amide bonds. The molecule has 1 aromatic rings. The van der Waals surface area contributed by atoms with Crippen LogP contribution in [-0.4, -0.2) is 29.9 Å². The van der Waals surface area contributed by atoms with Crippen molar-refractivity contribution in [2.45, 2.75) is 58.9 Å². The van der Waals surface area contributed by atoms with Gasteiger partial charge in [0.1, 0.15) is 0 Å². The van der Waals surface area contributed by atoms with E-state index >= 15 is 0 Å². The molecule has 1 aliphatic heterocycles. The van der Waals surface area contributed by atoms with Crippen LogP contribution < -0.4 is 5.73 Å². The zero-order valence-corrected chi connectivity index (χ0v) is 13.8. The number of carbonyl (C=O) groups is 1. The van der Waals surface area contributed by atoms with Gasteiger partial charge in [-0.25, -0.2) is 0 Å². The van der Waals surface area contributed by atoms with Gasteiger partial charge in [-0.2, -0.15) is 0 Å². The van der Waals surface area contributed by atoms with Crippen LogP contribution in [0.15, 0.2) is 12.1 Å². The molecule has 2 rings (SSSR count). The standard InChI is InChI=1S/C18H28N2O/c1-5-17(18(19)21)20-8-6-15(7-9-20)16-11-13(3)12(2)10-14(16)4/h10-11,15,17H,5-9H2,1-4H3,(H2,19,21). The number of rotatable bonds is 4. The average molecular weight is 288 g/mol. The molecule has 0 radical (unpaired) electrons. The molecule has 2 N–H and O–H groups in total. The Bertz CT molecular complexity index is 516. The van der Waals surface area contributed by atoms with Crippen LogP contribution in [0.2, 0.25) is 0 Å². The predicted molar refractivity (Wildman–Crippen MR) is 87.5 cm³/mol. The van der Waals surface area contributed by atoms with Crippen molar-refractivity contribution >= 4 is 5.91 Å². The lowest BCUT2D eigenvalue weighted by molar-refractivity contribution is -0.123. The molecule has 1 atom stereocenters. The molecular weight excluding hydrogens is 260 g/mol. The second-order valence-electron chi connectivity index (χ2n) is 6.43. The average Bonchev–Trinajstić information content (AvgIpc) is 2.44. The molecule has 0 aliphatic carbocycles. The number of piperidine rings is 1. The van der Waals surface area contributed by atoms with E-state index in [0.717, 1.165) is 32.4 Å². The molecular formula is C18H28N2O. The van der Waals surface area contributed by atoms with Crippen molar-refractivity contribution in [1.82, 2.24) is 4.90 Å². The minimum absolute atomic E-state index is 0.0909. The molecule has 116 valence electrons. The first-order chi connectivity index (χ1) is 9.93. The Morgan fingerprint density at radius 1 is 1.19 bits per heavy atom. The smallest absolute Gasteiger partial charge is 0.234 e. The van der Waals surface area contributed by atoms with E-state index in [9.17, 15) is 4.79 Å². The summed E-state index contributed by atoms with van der Waals surface area (Å²) in [6, 6.07) is 4.57. The number of aryl methyl sites for hydroxylation is 3. The number of primary amides is 1. The monoisotopic (exact) mass is 288 g/mol. The minimum atomic E-state index is -0.182. The van der Waals surface area contributed by atoms with E-state index < -0.39 is 0 Å². The second kappa shape index (κ2) is 6.61. The van der Waals surface area contributed by atoms with Crippen LogP contribution >= 0.6 is 0 Å². The lowest BCUT2D eigenvalue weighted by Gasteiger charge is -2.36. The molecule has 0 spiro atoms. The highest BCUT2D eigenvalue weighted by atomic mass is 16.1. The third kappa shape index (κ3) is 3.46. The fourth-order valence-electron chi connectivity index (χ4n) is 3.58. The maximum Gasteiger partial charge on any atom is 0.234 e. The number of likely N-dealkylation sites (tertiary alicyclic amines) is 1. The first-order valence-electron chi connectivity index (χ1n) is 8.05. The third-order valence-corrected chi connectivity index (χ3v) is 5.01. The zero-order chi connectivity index (χ0) is 15.6. The lowest BCUT2D eigenvalue weighted by Crippen LogP contribution is -2.47. The van der Waals surface area contributed by atoms with E-state index in [-0.39, 0.29) is 11.9 Å². The Kier molecular flexibility index (Phi) is 5.04. The molecule has 3 heteroatoms. The van der Waals surface area contributed by atoms with Crippen LogP contribution in [0.4, 0.5) is 0 Å². The van der Waals surface area contributed by atoms with Gasteiger partial charge in [0.2, 0.25) is 5.91 Å². The Balaban J connectivity index is 2.07. The van der Waals surface area contributed by atoms with Gasteiger partial charge < -0.3 is 5.73 Å². The van der Waals surface area contributed by atoms with Crippen molar-refractivity contribution in [3.8, 4) is 0 Å². The van der Waals surface area contributed by atoms with Gasteiger partial charge in [-0.15, -0.1) is 0 Å². The lowest BCUT2D eigenvalue weighted by atomic mass is 9.84. The van der Waals surface area contributed by atoms with Gasteiger partial charge in [0.05, 0.1) is 6.04 Å². The topological polar surface area (TPSA) is 46.3 Å². The number of nitrogens with zero attached hydrogens (tertiary/aromatic N) is 1. The summed E-state index contributed by atoms with van der Waals surface area (Å²) < 4.78 is 0. The molecule has 1 heterocycles. The van der Waals surface area contributed by atoms with Crippen LogP contribution in [-0.2, 0) is 4.79 Å². The number of hydrogen-bond acceptors (Lipinski definition) is 2. The Hall–Kier alpha value is -1.35. The van der Waals surface area contributed by atoms with Gasteiger partial charge in [0.25, 0.3) is 0 Å². The molecule has 1 aromatic carbocycles. The van der Waals surface area contributed by atoms with E-state index in [2.05, 4.69) is 37.8 Å². The van der Waals surface area contributed by atoms with Crippen LogP contribution in [0.25, 0.3) is 0 Å². The van der Waals surface area contributed by atoms with Gasteiger partial charge in [-0.3, -0.25) is 9.69 Å². The van der Waals surface area contributed by atoms with Crippen molar-refractivity contribution in [1.29, 1.82) is 0 Å². The van der Waals surface area contributed by atoms with E-state index in [0.29, 0.717) is 5.92 Å². The maximum atomic E-state index is 11.5. The summed E-state index contributed by atoms with van der Waals surface area (Å²) in [5.41, 5.74) is 11.1. The molecule has 1 fully saturated rings. The maximum absolute atomic E-state index is 11.5. The summed E-state index contributed by atoms with van der Waals surface area (Å²) in [4.78, 5) is 13.8. The highest BCUT2D eigenvalue weighted by Crippen LogP contribution is 2.32. The minimum Gasteiger partial charge on any atom is -0.368 e. The van der Waals surface area contributed by atoms with Crippen LogP contribution in [0.3, 0.4) is 0 Å². The van der Waals surface area contributed by atoms with Crippen molar-refractivity contribution in [3.05, 3.63) is 34.4 Å². The number of carbonyl (C=O) groups excluding carboxylic acids is 1. The second-order valence-corrected chi connectivity index (χ2v) is 6.43. The third-order valence-electron chi connectivity index (χ3n) is 5.01. The number of hydrogen-bond donors (Lipinski definition) is 1. The molecule has 0 saturated carbocycles. The SMILES string of the molecule is CCC(C(N)=O)N1CCC(c2cc(C)c(C)cc2C)CC1. The van der Waals surface area contributed by atoms with E-state index in [1.165, 1.54) is 22.3 Å². The summed E-state index contributed by atoms with van der Waals surface area (Å²) in [5.74, 6) is 0.434. The number of benzene rings is 1. The summed E-state index contributed by atoms with van der Waals surface area (Å²) in [6.45, 7) is 10.6. The van der Waals surface area contributed by atoms with E-state index in [4.69, 9.17) is 5.73 Å². The van der Waals surface area contributed by atoms with Crippen LogP contribution in [0.1, 0.15) is 54.4 Å². The fourth-order valence-corrected chi connectivity index (χ4v) is 3.58. The Labute approximate surface area is 128 Å². The van der Waals surface area contributed by atoms with Gasteiger partial charge >= 0.3 is 0 Å². The Morgan fingerprint density at radius 2 is 1.76 bits per heavy atom. The van der Waals surface area contributed by atoms with Crippen molar-refractivity contribution in [2.75, 3.05) is 13.1 Å². The normalized spacial score (nSPS) is 18.7.